The van der Waals surface area contributed by atoms with E-state index in [0.29, 0.717) is 18.0 Å². The molecule has 5 nitrogen and oxygen atoms in total. The summed E-state index contributed by atoms with van der Waals surface area (Å²) in [5.74, 6) is 0.740. The lowest BCUT2D eigenvalue weighted by molar-refractivity contribution is 0.242. The number of nitrogens with zero attached hydrogens (tertiary/aromatic N) is 1. The van der Waals surface area contributed by atoms with Gasteiger partial charge in [-0.2, -0.15) is 4.31 Å². The number of aryl methyl sites for hydroxylation is 1. The smallest absolute Gasteiger partial charge is 0.243 e. The summed E-state index contributed by atoms with van der Waals surface area (Å²) in [5.41, 5.74) is 0.848. The van der Waals surface area contributed by atoms with Crippen LogP contribution in [0, 0.1) is 6.92 Å². The van der Waals surface area contributed by atoms with Gasteiger partial charge in [0.15, 0.2) is 0 Å². The van der Waals surface area contributed by atoms with E-state index in [2.05, 4.69) is 5.32 Å². The van der Waals surface area contributed by atoms with Gasteiger partial charge in [-0.3, -0.25) is 0 Å². The van der Waals surface area contributed by atoms with Crippen molar-refractivity contribution in [3.05, 3.63) is 23.8 Å². The van der Waals surface area contributed by atoms with Crippen LogP contribution in [-0.4, -0.2) is 45.0 Å². The summed E-state index contributed by atoms with van der Waals surface area (Å²) >= 11 is 0. The van der Waals surface area contributed by atoms with Gasteiger partial charge in [0.05, 0.1) is 17.5 Å². The number of hydrogen-bond acceptors (Lipinski definition) is 4. The normalized spacial score (nSPS) is 16.0. The molecule has 0 aromatic heterocycles. The highest BCUT2D eigenvalue weighted by atomic mass is 32.2. The van der Waals surface area contributed by atoms with Gasteiger partial charge in [-0.25, -0.2) is 8.42 Å². The van der Waals surface area contributed by atoms with Crippen molar-refractivity contribution in [3.63, 3.8) is 0 Å². The third-order valence-electron chi connectivity index (χ3n) is 3.66. The molecule has 1 aliphatic rings. The minimum atomic E-state index is -3.44. The fraction of sp³-hybridized carbons (Fsp3) is 0.600. The first-order valence-corrected chi connectivity index (χ1v) is 8.90. The van der Waals surface area contributed by atoms with Crippen molar-refractivity contribution in [2.75, 3.05) is 26.2 Å². The maximum Gasteiger partial charge on any atom is 0.243 e. The highest BCUT2D eigenvalue weighted by molar-refractivity contribution is 7.89. The summed E-state index contributed by atoms with van der Waals surface area (Å²) in [4.78, 5) is 0.351. The van der Waals surface area contributed by atoms with Crippen LogP contribution in [0.3, 0.4) is 0 Å². The predicted octanol–water partition coefficient (Wildman–Crippen LogP) is 1.77. The molecule has 21 heavy (non-hydrogen) atoms. The zero-order valence-electron chi connectivity index (χ0n) is 12.9. The van der Waals surface area contributed by atoms with Gasteiger partial charge in [0.2, 0.25) is 10.0 Å². The molecule has 118 valence electrons. The van der Waals surface area contributed by atoms with Crippen LogP contribution in [0.15, 0.2) is 23.1 Å². The quantitative estimate of drug-likeness (QED) is 0.833. The lowest BCUT2D eigenvalue weighted by Gasteiger charge is -2.37. The molecular weight excluding hydrogens is 288 g/mol. The molecule has 1 aliphatic heterocycles. The molecule has 1 saturated heterocycles. The summed E-state index contributed by atoms with van der Waals surface area (Å²) in [6.45, 7) is 8.38. The van der Waals surface area contributed by atoms with E-state index in [1.807, 2.05) is 20.8 Å². The van der Waals surface area contributed by atoms with E-state index < -0.39 is 10.0 Å². The SMILES string of the molecule is CCCN(C1CNC1)S(=O)(=O)c1ccc(OCC)c(C)c1. The van der Waals surface area contributed by atoms with E-state index in [9.17, 15) is 8.42 Å². The molecule has 1 aromatic rings. The molecule has 0 spiro atoms. The molecule has 0 bridgehead atoms. The number of nitrogens with one attached hydrogen (secondary N) is 1. The second-order valence-electron chi connectivity index (χ2n) is 5.29. The van der Waals surface area contributed by atoms with Gasteiger partial charge < -0.3 is 10.1 Å². The number of rotatable bonds is 7. The Kier molecular flexibility index (Phi) is 5.24. The van der Waals surface area contributed by atoms with Crippen LogP contribution in [0.2, 0.25) is 0 Å². The topological polar surface area (TPSA) is 58.6 Å². The van der Waals surface area contributed by atoms with Gasteiger partial charge in [0.25, 0.3) is 0 Å². The van der Waals surface area contributed by atoms with Crippen molar-refractivity contribution in [3.8, 4) is 5.75 Å². The van der Waals surface area contributed by atoms with Crippen LogP contribution in [0.5, 0.6) is 5.75 Å². The van der Waals surface area contributed by atoms with Crippen molar-refractivity contribution in [1.82, 2.24) is 9.62 Å². The first-order chi connectivity index (χ1) is 10.0. The van der Waals surface area contributed by atoms with Crippen molar-refractivity contribution < 1.29 is 13.2 Å². The molecule has 0 aliphatic carbocycles. The molecule has 1 aromatic carbocycles. The maximum absolute atomic E-state index is 12.8. The van der Waals surface area contributed by atoms with Crippen LogP contribution in [0.25, 0.3) is 0 Å². The standard InChI is InChI=1S/C15H24N2O3S/c1-4-8-17(13-10-16-11-13)21(18,19)14-6-7-15(20-5-2)12(3)9-14/h6-7,9,13,16H,4-5,8,10-11H2,1-3H3. The fourth-order valence-electron chi connectivity index (χ4n) is 2.43. The van der Waals surface area contributed by atoms with Crippen LogP contribution in [0.4, 0.5) is 0 Å². The lowest BCUT2D eigenvalue weighted by atomic mass is 10.2. The average molecular weight is 312 g/mol. The summed E-state index contributed by atoms with van der Waals surface area (Å²) in [6.07, 6.45) is 0.811. The molecule has 0 unspecified atom stereocenters. The maximum atomic E-state index is 12.8. The second kappa shape index (κ2) is 6.77. The van der Waals surface area contributed by atoms with Gasteiger partial charge >= 0.3 is 0 Å². The molecule has 1 heterocycles. The van der Waals surface area contributed by atoms with Crippen molar-refractivity contribution in [2.24, 2.45) is 0 Å². The van der Waals surface area contributed by atoms with Gasteiger partial charge in [0, 0.05) is 19.6 Å². The zero-order valence-corrected chi connectivity index (χ0v) is 13.7. The summed E-state index contributed by atoms with van der Waals surface area (Å²) < 4.78 is 32.8. The molecule has 6 heteroatoms. The van der Waals surface area contributed by atoms with Crippen molar-refractivity contribution in [2.45, 2.75) is 38.1 Å². The minimum Gasteiger partial charge on any atom is -0.494 e. The van der Waals surface area contributed by atoms with Crippen LogP contribution >= 0.6 is 0 Å². The van der Waals surface area contributed by atoms with Crippen LogP contribution in [-0.2, 0) is 10.0 Å². The van der Waals surface area contributed by atoms with Gasteiger partial charge in [-0.1, -0.05) is 6.92 Å². The third-order valence-corrected chi connectivity index (χ3v) is 5.61. The molecular formula is C15H24N2O3S. The summed E-state index contributed by atoms with van der Waals surface area (Å²) in [6, 6.07) is 5.16. The lowest BCUT2D eigenvalue weighted by Crippen LogP contribution is -2.58. The Balaban J connectivity index is 2.30. The van der Waals surface area contributed by atoms with E-state index in [1.165, 1.54) is 0 Å². The first kappa shape index (κ1) is 16.3. The number of ether oxygens (including phenoxy) is 1. The number of hydrogen-bond donors (Lipinski definition) is 1. The fourth-order valence-corrected chi connectivity index (χ4v) is 4.23. The molecule has 0 amide bonds. The zero-order chi connectivity index (χ0) is 15.5. The van der Waals surface area contributed by atoms with Gasteiger partial charge in [-0.05, 0) is 44.0 Å². The highest BCUT2D eigenvalue weighted by Gasteiger charge is 2.34. The summed E-state index contributed by atoms with van der Waals surface area (Å²) in [5, 5.41) is 3.13. The molecule has 0 radical (unpaired) electrons. The number of sulfonamides is 1. The van der Waals surface area contributed by atoms with E-state index >= 15 is 0 Å². The van der Waals surface area contributed by atoms with Crippen LogP contribution in [0.1, 0.15) is 25.8 Å². The molecule has 1 N–H and O–H groups in total. The van der Waals surface area contributed by atoms with Gasteiger partial charge in [0.1, 0.15) is 5.75 Å². The second-order valence-corrected chi connectivity index (χ2v) is 7.18. The predicted molar refractivity (Wildman–Crippen MR) is 83.2 cm³/mol. The van der Waals surface area contributed by atoms with E-state index in [1.54, 1.807) is 22.5 Å². The average Bonchev–Trinajstić information content (AvgIpc) is 2.38. The van der Waals surface area contributed by atoms with Crippen molar-refractivity contribution in [1.29, 1.82) is 0 Å². The van der Waals surface area contributed by atoms with E-state index in [4.69, 9.17) is 4.74 Å². The molecule has 1 fully saturated rings. The largest absolute Gasteiger partial charge is 0.494 e. The molecule has 0 saturated carbocycles. The Morgan fingerprint density at radius 1 is 1.33 bits per heavy atom. The Hall–Kier alpha value is -1.11. The highest BCUT2D eigenvalue weighted by Crippen LogP contribution is 2.26. The first-order valence-electron chi connectivity index (χ1n) is 7.46. The number of benzene rings is 1. The van der Waals surface area contributed by atoms with Crippen LogP contribution < -0.4 is 10.1 Å². The van der Waals surface area contributed by atoms with Gasteiger partial charge in [-0.15, -0.1) is 0 Å². The molecule has 2 rings (SSSR count). The minimum absolute atomic E-state index is 0.0711. The Morgan fingerprint density at radius 2 is 2.05 bits per heavy atom. The Bertz CT molecular complexity index is 583. The Morgan fingerprint density at radius 3 is 2.52 bits per heavy atom. The van der Waals surface area contributed by atoms with Crippen molar-refractivity contribution >= 4 is 10.0 Å². The van der Waals surface area contributed by atoms with E-state index in [-0.39, 0.29) is 6.04 Å². The third kappa shape index (κ3) is 3.39. The van der Waals surface area contributed by atoms with E-state index in [0.717, 1.165) is 30.8 Å². The Labute approximate surface area is 127 Å². The summed E-state index contributed by atoms with van der Waals surface area (Å²) in [7, 11) is -3.44. The molecule has 0 atom stereocenters. The monoisotopic (exact) mass is 312 g/mol.